The fourth-order valence-electron chi connectivity index (χ4n) is 14.4. The molecule has 7 fully saturated rings. The highest BCUT2D eigenvalue weighted by Crippen LogP contribution is 2.51. The Morgan fingerprint density at radius 2 is 0.722 bits per heavy atom. The number of ketones is 2. The molecule has 5 saturated carbocycles. The van der Waals surface area contributed by atoms with E-state index in [1.807, 2.05) is 120 Å². The second-order valence-electron chi connectivity index (χ2n) is 33.7. The van der Waals surface area contributed by atoms with E-state index in [0.29, 0.717) is 75.7 Å². The molecular weight excluding hydrogens is 1350 g/mol. The van der Waals surface area contributed by atoms with Gasteiger partial charge < -0.3 is 49.6 Å². The van der Waals surface area contributed by atoms with Crippen molar-refractivity contribution in [1.29, 1.82) is 0 Å². The molecule has 5 atom stereocenters. The van der Waals surface area contributed by atoms with Gasteiger partial charge in [-0.1, -0.05) is 226 Å². The molecular formula is C96H132O12. The maximum absolute atomic E-state index is 12.5. The van der Waals surface area contributed by atoms with Crippen molar-refractivity contribution in [3.05, 3.63) is 206 Å². The Balaban J connectivity index is 0.000000160. The second-order valence-corrected chi connectivity index (χ2v) is 33.7. The van der Waals surface area contributed by atoms with Crippen molar-refractivity contribution in [2.75, 3.05) is 13.2 Å². The van der Waals surface area contributed by atoms with E-state index < -0.39 is 5.60 Å². The Morgan fingerprint density at radius 1 is 0.361 bits per heavy atom. The van der Waals surface area contributed by atoms with E-state index in [1.54, 1.807) is 12.1 Å². The monoisotopic (exact) mass is 1480 g/mol. The topological polar surface area (TPSA) is 192 Å². The van der Waals surface area contributed by atoms with E-state index in [2.05, 4.69) is 126 Å². The number of ether oxygens (including phenoxy) is 4. The number of aromatic hydroxyl groups is 5. The fraction of sp³-hybridized carbons (Fsp3) is 0.542. The molecule has 2 aliphatic heterocycles. The first-order valence-electron chi connectivity index (χ1n) is 41.1. The minimum absolute atomic E-state index is 0.0475. The zero-order valence-corrected chi connectivity index (χ0v) is 68.4. The molecule has 12 heteroatoms. The zero-order valence-electron chi connectivity index (χ0n) is 68.4. The van der Waals surface area contributed by atoms with Crippen LogP contribution >= 0.6 is 0 Å². The summed E-state index contributed by atoms with van der Waals surface area (Å²) in [5.74, 6) is 9.87. The number of benzene rings is 7. The minimum atomic E-state index is -0.880. The molecule has 14 rings (SSSR count). The number of hydrogen-bond donors (Lipinski definition) is 6. The number of rotatable bonds is 21. The largest absolute Gasteiger partial charge is 0.508 e. The molecule has 0 bridgehead atoms. The van der Waals surface area contributed by atoms with Crippen molar-refractivity contribution in [1.82, 2.24) is 0 Å². The van der Waals surface area contributed by atoms with E-state index in [9.17, 15) is 40.2 Å². The molecule has 5 unspecified atom stereocenters. The Bertz CT molecular complexity index is 3890. The molecule has 7 aromatic rings. The Labute approximate surface area is 648 Å². The van der Waals surface area contributed by atoms with Crippen LogP contribution in [0.25, 0.3) is 0 Å². The molecule has 7 aromatic carbocycles. The van der Waals surface area contributed by atoms with Crippen LogP contribution in [-0.4, -0.2) is 68.0 Å². The first kappa shape index (κ1) is 86.0. The van der Waals surface area contributed by atoms with Crippen molar-refractivity contribution in [2.45, 2.75) is 292 Å². The first-order chi connectivity index (χ1) is 51.4. The highest BCUT2D eigenvalue weighted by atomic mass is 16.7. The number of phenolic OH excluding ortho intramolecular Hbond substituents is 5. The second kappa shape index (κ2) is 40.3. The Morgan fingerprint density at radius 3 is 1.13 bits per heavy atom. The molecule has 2 heterocycles. The van der Waals surface area contributed by atoms with Crippen molar-refractivity contribution in [3.8, 4) is 40.2 Å². The standard InChI is InChI=1S/C18H24O3.2C14H20O2.2C14H20O.C13H16O2.C9H12O/c1-12(2)14-6-5-7-15(17(19)13-9-10-13)18(14)21-16-8-3-4-11-20-16;1-9(2)11-5-4-6-12(13(11)15)14(3,16)10-7-8-10;1-11(2)12-7-3-4-8-13(12)16-14-9-5-6-10-15-14;2*1-9(2)12-5-4-6-13(14(12)15)10(3)11-7-8-11;1-8(2)10-4-3-5-11(13(10)15)12(14)9-6-7-9;1-7(2)8-5-3-4-6-9(8)10/h5-7,12-13,16H,3-4,8-11H2,1-2H3;4-6,9-10,15-16H,7-8H2,1-3H3;3-4,7-8,11,14H,5-6,9-10H2,1-2H3;2*4-6,9-11,15H,7-8H2,1-3H3;3-5,8-9,15H,6-7H2,1-2H3;3-7,10H,1-2H3. The molecule has 108 heavy (non-hydrogen) atoms. The molecule has 12 nitrogen and oxygen atoms in total. The SMILES string of the molecule is CC(C)c1cccc(C(=O)C2CC2)c1O.CC(C)c1cccc(C(=O)C2CC2)c1OC1CCCCO1.CC(C)c1cccc(C(C)(O)C2CC2)c1O.CC(C)c1cccc(C(C)C2CC2)c1O.CC(C)c1cccc(C(C)C2CC2)c1O.CC(C)c1ccccc1O.CC(C)c1ccccc1OC1CCCCO1. The van der Waals surface area contributed by atoms with Crippen LogP contribution in [0.4, 0.5) is 0 Å². The van der Waals surface area contributed by atoms with Gasteiger partial charge in [0.1, 0.15) is 40.2 Å². The number of carbonyl (C=O) groups is 2. The van der Waals surface area contributed by atoms with Crippen LogP contribution in [0.5, 0.6) is 40.2 Å². The summed E-state index contributed by atoms with van der Waals surface area (Å²) in [7, 11) is 0. The number of hydrogen-bond acceptors (Lipinski definition) is 12. The van der Waals surface area contributed by atoms with E-state index in [1.165, 1.54) is 37.7 Å². The lowest BCUT2D eigenvalue weighted by Gasteiger charge is -2.26. The van der Waals surface area contributed by atoms with Gasteiger partial charge in [0.2, 0.25) is 0 Å². The van der Waals surface area contributed by atoms with Gasteiger partial charge in [-0.2, -0.15) is 0 Å². The molecule has 0 radical (unpaired) electrons. The molecule has 7 aliphatic rings. The summed E-state index contributed by atoms with van der Waals surface area (Å²) < 4.78 is 23.3. The summed E-state index contributed by atoms with van der Waals surface area (Å²) in [5, 5.41) is 60.3. The number of phenols is 5. The summed E-state index contributed by atoms with van der Waals surface area (Å²) in [6.45, 7) is 37.2. The smallest absolute Gasteiger partial charge is 0.199 e. The number of para-hydroxylation sites is 7. The quantitative estimate of drug-likeness (QED) is 0.0374. The molecule has 0 aromatic heterocycles. The van der Waals surface area contributed by atoms with Crippen molar-refractivity contribution >= 4 is 11.6 Å². The van der Waals surface area contributed by atoms with Crippen LogP contribution in [0, 0.1) is 29.6 Å². The number of carbonyl (C=O) groups excluding carboxylic acids is 2. The normalized spacial score (nSPS) is 18.6. The van der Waals surface area contributed by atoms with E-state index in [0.717, 1.165) is 157 Å². The average molecular weight is 1480 g/mol. The van der Waals surface area contributed by atoms with E-state index >= 15 is 0 Å². The highest BCUT2D eigenvalue weighted by molar-refractivity contribution is 6.02. The van der Waals surface area contributed by atoms with Crippen LogP contribution in [-0.2, 0) is 15.1 Å². The lowest BCUT2D eigenvalue weighted by Crippen LogP contribution is -2.26. The van der Waals surface area contributed by atoms with Gasteiger partial charge in [-0.3, -0.25) is 9.59 Å². The van der Waals surface area contributed by atoms with Gasteiger partial charge >= 0.3 is 0 Å². The third-order valence-corrected chi connectivity index (χ3v) is 22.4. The van der Waals surface area contributed by atoms with Gasteiger partial charge in [-0.05, 0) is 242 Å². The maximum atomic E-state index is 12.5. The molecule has 0 spiro atoms. The Hall–Kier alpha value is -7.64. The molecule has 6 N–H and O–H groups in total. The summed E-state index contributed by atoms with van der Waals surface area (Å²) in [5.41, 5.74) is 10.7. The molecule has 5 aliphatic carbocycles. The lowest BCUT2D eigenvalue weighted by molar-refractivity contribution is -0.106. The van der Waals surface area contributed by atoms with Gasteiger partial charge in [0, 0.05) is 30.2 Å². The van der Waals surface area contributed by atoms with Crippen molar-refractivity contribution in [2.24, 2.45) is 29.6 Å². The first-order valence-corrected chi connectivity index (χ1v) is 41.1. The minimum Gasteiger partial charge on any atom is -0.508 e. The zero-order chi connectivity index (χ0) is 78.7. The van der Waals surface area contributed by atoms with Crippen LogP contribution in [0.15, 0.2) is 140 Å². The number of aliphatic hydroxyl groups is 1. The van der Waals surface area contributed by atoms with Crippen LogP contribution in [0.3, 0.4) is 0 Å². The summed E-state index contributed by atoms with van der Waals surface area (Å²) in [4.78, 5) is 24.4. The van der Waals surface area contributed by atoms with Crippen LogP contribution < -0.4 is 9.47 Å². The molecule has 588 valence electrons. The summed E-state index contributed by atoms with van der Waals surface area (Å²) in [6.07, 6.45) is 17.6. The third-order valence-electron chi connectivity index (χ3n) is 22.4. The third kappa shape index (κ3) is 24.4. The molecule has 2 saturated heterocycles. The van der Waals surface area contributed by atoms with Crippen molar-refractivity contribution in [3.63, 3.8) is 0 Å². The van der Waals surface area contributed by atoms with Gasteiger partial charge in [0.05, 0.1) is 29.9 Å². The highest BCUT2D eigenvalue weighted by Gasteiger charge is 2.43. The van der Waals surface area contributed by atoms with Gasteiger partial charge in [0.25, 0.3) is 0 Å². The van der Waals surface area contributed by atoms with Gasteiger partial charge in [-0.25, -0.2) is 0 Å². The van der Waals surface area contributed by atoms with E-state index in [4.69, 9.17) is 18.9 Å². The summed E-state index contributed by atoms with van der Waals surface area (Å²) >= 11 is 0. The van der Waals surface area contributed by atoms with Crippen LogP contribution in [0.2, 0.25) is 0 Å². The van der Waals surface area contributed by atoms with Crippen LogP contribution in [0.1, 0.15) is 350 Å². The number of Topliss-reactive ketones (excluding diaryl/α,β-unsaturated/α-hetero) is 2. The van der Waals surface area contributed by atoms with E-state index in [-0.39, 0.29) is 59.3 Å². The summed E-state index contributed by atoms with van der Waals surface area (Å²) in [6, 6.07) is 45.1. The fourth-order valence-corrected chi connectivity index (χ4v) is 14.4. The lowest BCUT2D eigenvalue weighted by atomic mass is 9.87. The van der Waals surface area contributed by atoms with Crippen molar-refractivity contribution < 1.29 is 59.2 Å². The predicted molar refractivity (Wildman–Crippen MR) is 439 cm³/mol. The predicted octanol–water partition coefficient (Wildman–Crippen LogP) is 24.8. The molecule has 0 amide bonds. The maximum Gasteiger partial charge on any atom is 0.199 e. The Kier molecular flexibility index (Phi) is 32.1. The van der Waals surface area contributed by atoms with Gasteiger partial charge in [0.15, 0.2) is 24.1 Å². The van der Waals surface area contributed by atoms with Gasteiger partial charge in [-0.15, -0.1) is 0 Å². The average Bonchev–Trinajstić information content (AvgIpc) is 1.60.